The number of carbonyl (C=O) groups is 1. The van der Waals surface area contributed by atoms with Gasteiger partial charge < -0.3 is 10.6 Å². The number of hydrogen-bond donors (Lipinski definition) is 2. The molecule has 2 aromatic heterocycles. The first-order valence-corrected chi connectivity index (χ1v) is 9.98. The molecule has 1 aliphatic rings. The fourth-order valence-corrected chi connectivity index (χ4v) is 3.80. The van der Waals surface area contributed by atoms with Crippen LogP contribution >= 0.6 is 11.6 Å². The molecule has 2 N–H and O–H groups in total. The van der Waals surface area contributed by atoms with Crippen molar-refractivity contribution in [3.63, 3.8) is 0 Å². The first-order chi connectivity index (χ1) is 13.7. The van der Waals surface area contributed by atoms with Crippen molar-refractivity contribution in [1.29, 1.82) is 0 Å². The molecule has 0 radical (unpaired) electrons. The Bertz CT molecular complexity index is 966. The third kappa shape index (κ3) is 4.31. The van der Waals surface area contributed by atoms with E-state index in [0.29, 0.717) is 36.9 Å². The molecule has 4 rings (SSSR count). The first-order valence-electron chi connectivity index (χ1n) is 9.60. The highest BCUT2D eigenvalue weighted by atomic mass is 35.5. The van der Waals surface area contributed by atoms with Gasteiger partial charge >= 0.3 is 0 Å². The minimum absolute atomic E-state index is 0.0164. The average Bonchev–Trinajstić information content (AvgIpc) is 3.35. The average molecular weight is 399 g/mol. The maximum absolute atomic E-state index is 12.2. The topological polar surface area (TPSA) is 84.7 Å². The molecule has 1 aliphatic heterocycles. The number of nitrogens with one attached hydrogen (secondary N) is 2. The summed E-state index contributed by atoms with van der Waals surface area (Å²) in [6.45, 7) is 2.99. The van der Waals surface area contributed by atoms with E-state index in [1.807, 2.05) is 28.9 Å². The molecular weight excluding hydrogens is 376 g/mol. The summed E-state index contributed by atoms with van der Waals surface area (Å²) in [7, 11) is 0. The van der Waals surface area contributed by atoms with Gasteiger partial charge in [0.1, 0.15) is 5.52 Å². The first kappa shape index (κ1) is 18.8. The molecule has 7 nitrogen and oxygen atoms in total. The summed E-state index contributed by atoms with van der Waals surface area (Å²) in [5.74, 6) is 0.385. The van der Waals surface area contributed by atoms with E-state index in [-0.39, 0.29) is 5.91 Å². The molecule has 0 saturated carbocycles. The van der Waals surface area contributed by atoms with Crippen molar-refractivity contribution in [3.05, 3.63) is 52.9 Å². The van der Waals surface area contributed by atoms with Gasteiger partial charge in [0, 0.05) is 42.8 Å². The van der Waals surface area contributed by atoms with Crippen LogP contribution in [0.2, 0.25) is 5.02 Å². The van der Waals surface area contributed by atoms with Gasteiger partial charge in [0.25, 0.3) is 0 Å². The molecule has 146 valence electrons. The van der Waals surface area contributed by atoms with Crippen molar-refractivity contribution in [2.45, 2.75) is 31.7 Å². The summed E-state index contributed by atoms with van der Waals surface area (Å²) in [5.41, 5.74) is 3.70. The second-order valence-corrected chi connectivity index (χ2v) is 7.44. The van der Waals surface area contributed by atoms with Crippen molar-refractivity contribution >= 4 is 28.7 Å². The third-order valence-corrected chi connectivity index (χ3v) is 5.25. The van der Waals surface area contributed by atoms with Crippen LogP contribution in [0.4, 0.5) is 0 Å². The zero-order valence-corrected chi connectivity index (χ0v) is 16.3. The van der Waals surface area contributed by atoms with Crippen LogP contribution < -0.4 is 10.6 Å². The third-order valence-electron chi connectivity index (χ3n) is 5.02. The lowest BCUT2D eigenvalue weighted by Gasteiger charge is -2.07. The summed E-state index contributed by atoms with van der Waals surface area (Å²) >= 11 is 5.98. The quantitative estimate of drug-likeness (QED) is 0.638. The van der Waals surface area contributed by atoms with E-state index in [9.17, 15) is 4.79 Å². The molecule has 0 unspecified atom stereocenters. The number of aryl methyl sites for hydroxylation is 1. The van der Waals surface area contributed by atoms with Crippen molar-refractivity contribution in [1.82, 2.24) is 30.4 Å². The van der Waals surface area contributed by atoms with E-state index < -0.39 is 0 Å². The zero-order chi connectivity index (χ0) is 19.3. The molecule has 0 bridgehead atoms. The minimum atomic E-state index is 0.0164. The lowest BCUT2D eigenvalue weighted by atomic mass is 10.0. The van der Waals surface area contributed by atoms with Crippen molar-refractivity contribution in [2.75, 3.05) is 19.6 Å². The number of nitrogens with zero attached hydrogens (tertiary/aromatic N) is 4. The van der Waals surface area contributed by atoms with E-state index in [0.717, 1.165) is 41.9 Å². The Morgan fingerprint density at radius 1 is 1.32 bits per heavy atom. The smallest absolute Gasteiger partial charge is 0.220 e. The molecule has 1 fully saturated rings. The molecule has 1 aromatic carbocycles. The van der Waals surface area contributed by atoms with E-state index in [4.69, 9.17) is 16.7 Å². The highest BCUT2D eigenvalue weighted by Crippen LogP contribution is 2.26. The van der Waals surface area contributed by atoms with Crippen molar-refractivity contribution in [2.24, 2.45) is 0 Å². The summed E-state index contributed by atoms with van der Waals surface area (Å²) in [4.78, 5) is 21.1. The number of carbonyl (C=O) groups excluding carboxylic acids is 1. The standard InChI is InChI=1S/C20H23ClN6O/c21-16-3-1-2-14(12-16)4-5-17(28)23-10-11-27-20-19(24-8-9-25-20)18(26-27)15-6-7-22-13-15/h1-3,8-9,12,15,22H,4-7,10-11,13H2,(H,23,28)/t15-/m0/s1. The van der Waals surface area contributed by atoms with Crippen LogP contribution in [-0.4, -0.2) is 45.3 Å². The second kappa shape index (κ2) is 8.67. The summed E-state index contributed by atoms with van der Waals surface area (Å²) in [5, 5.41) is 11.8. The number of amides is 1. The Morgan fingerprint density at radius 3 is 3.04 bits per heavy atom. The number of halogens is 1. The van der Waals surface area contributed by atoms with Crippen LogP contribution in [0.15, 0.2) is 36.7 Å². The van der Waals surface area contributed by atoms with Gasteiger partial charge in [-0.2, -0.15) is 5.10 Å². The second-order valence-electron chi connectivity index (χ2n) is 7.01. The van der Waals surface area contributed by atoms with Crippen LogP contribution in [0.25, 0.3) is 11.2 Å². The van der Waals surface area contributed by atoms with Crippen molar-refractivity contribution < 1.29 is 4.79 Å². The lowest BCUT2D eigenvalue weighted by Crippen LogP contribution is -2.27. The predicted molar refractivity (Wildman–Crippen MR) is 108 cm³/mol. The lowest BCUT2D eigenvalue weighted by molar-refractivity contribution is -0.121. The molecule has 1 atom stereocenters. The van der Waals surface area contributed by atoms with Gasteiger partial charge in [-0.15, -0.1) is 0 Å². The Balaban J connectivity index is 1.34. The number of rotatable bonds is 7. The molecule has 8 heteroatoms. The van der Waals surface area contributed by atoms with Gasteiger partial charge in [0.15, 0.2) is 5.65 Å². The maximum Gasteiger partial charge on any atom is 0.220 e. The molecule has 0 spiro atoms. The van der Waals surface area contributed by atoms with E-state index in [1.54, 1.807) is 12.4 Å². The van der Waals surface area contributed by atoms with Crippen LogP contribution in [0.1, 0.15) is 30.0 Å². The molecule has 1 saturated heterocycles. The normalized spacial score (nSPS) is 16.5. The fourth-order valence-electron chi connectivity index (χ4n) is 3.58. The monoisotopic (exact) mass is 398 g/mol. The molecular formula is C20H23ClN6O. The highest BCUT2D eigenvalue weighted by molar-refractivity contribution is 6.30. The maximum atomic E-state index is 12.2. The Hall–Kier alpha value is -2.51. The molecule has 3 heterocycles. The number of fused-ring (bicyclic) bond motifs is 1. The van der Waals surface area contributed by atoms with Gasteiger partial charge in [-0.25, -0.2) is 14.6 Å². The van der Waals surface area contributed by atoms with Crippen LogP contribution in [-0.2, 0) is 17.8 Å². The van der Waals surface area contributed by atoms with Gasteiger partial charge in [-0.3, -0.25) is 4.79 Å². The van der Waals surface area contributed by atoms with Crippen LogP contribution in [0.5, 0.6) is 0 Å². The van der Waals surface area contributed by atoms with Gasteiger partial charge in [-0.1, -0.05) is 23.7 Å². The molecule has 1 amide bonds. The summed E-state index contributed by atoms with van der Waals surface area (Å²) in [6.07, 6.45) is 5.54. The Morgan fingerprint density at radius 2 is 2.21 bits per heavy atom. The minimum Gasteiger partial charge on any atom is -0.354 e. The summed E-state index contributed by atoms with van der Waals surface area (Å²) < 4.78 is 1.85. The van der Waals surface area contributed by atoms with E-state index >= 15 is 0 Å². The zero-order valence-electron chi connectivity index (χ0n) is 15.6. The molecule has 3 aromatic rings. The highest BCUT2D eigenvalue weighted by Gasteiger charge is 2.24. The van der Waals surface area contributed by atoms with Crippen molar-refractivity contribution in [3.8, 4) is 0 Å². The van der Waals surface area contributed by atoms with Gasteiger partial charge in [-0.05, 0) is 37.1 Å². The Labute approximate surface area is 168 Å². The van der Waals surface area contributed by atoms with Crippen LogP contribution in [0.3, 0.4) is 0 Å². The molecule has 28 heavy (non-hydrogen) atoms. The van der Waals surface area contributed by atoms with Gasteiger partial charge in [0.2, 0.25) is 5.91 Å². The number of benzene rings is 1. The Kier molecular flexibility index (Phi) is 5.83. The van der Waals surface area contributed by atoms with E-state index in [2.05, 4.69) is 20.6 Å². The summed E-state index contributed by atoms with van der Waals surface area (Å²) in [6, 6.07) is 7.60. The molecule has 0 aliphatic carbocycles. The number of aromatic nitrogens is 4. The predicted octanol–water partition coefficient (Wildman–Crippen LogP) is 2.31. The largest absolute Gasteiger partial charge is 0.354 e. The van der Waals surface area contributed by atoms with Crippen LogP contribution in [0, 0.1) is 0 Å². The van der Waals surface area contributed by atoms with E-state index in [1.165, 1.54) is 0 Å². The number of hydrogen-bond acceptors (Lipinski definition) is 5. The SMILES string of the molecule is O=C(CCc1cccc(Cl)c1)NCCn1nc([C@H]2CCNC2)c2nccnc21. The fraction of sp³-hybridized carbons (Fsp3) is 0.400. The van der Waals surface area contributed by atoms with Gasteiger partial charge in [0.05, 0.1) is 12.2 Å².